The number of nitrogens with one attached hydrogen (secondary N) is 1. The molecule has 1 aliphatic carbocycles. The van der Waals surface area contributed by atoms with Crippen molar-refractivity contribution >= 4 is 11.3 Å². The van der Waals surface area contributed by atoms with E-state index < -0.39 is 0 Å². The molecule has 0 amide bonds. The number of methoxy groups -OCH3 is 1. The van der Waals surface area contributed by atoms with E-state index in [1.165, 1.54) is 17.0 Å². The average molecular weight is 282 g/mol. The SMILES string of the molecule is CCNC1CC(C)(C)Cc2nc(C(C)(C)OC)sc21. The van der Waals surface area contributed by atoms with Crippen LogP contribution in [-0.4, -0.2) is 18.6 Å². The molecule has 1 aromatic rings. The highest BCUT2D eigenvalue weighted by Gasteiger charge is 2.36. The summed E-state index contributed by atoms with van der Waals surface area (Å²) in [4.78, 5) is 6.29. The highest BCUT2D eigenvalue weighted by Crippen LogP contribution is 2.44. The molecule has 1 N–H and O–H groups in total. The quantitative estimate of drug-likeness (QED) is 0.915. The number of hydrogen-bond donors (Lipinski definition) is 1. The van der Waals surface area contributed by atoms with Gasteiger partial charge in [0.2, 0.25) is 0 Å². The van der Waals surface area contributed by atoms with E-state index in [2.05, 4.69) is 39.9 Å². The molecule has 1 heterocycles. The number of aromatic nitrogens is 1. The molecule has 0 saturated heterocycles. The molecule has 19 heavy (non-hydrogen) atoms. The van der Waals surface area contributed by atoms with Gasteiger partial charge in [0.05, 0.1) is 5.69 Å². The van der Waals surface area contributed by atoms with Crippen molar-refractivity contribution in [3.8, 4) is 0 Å². The lowest BCUT2D eigenvalue weighted by Gasteiger charge is -2.34. The third-order valence-electron chi connectivity index (χ3n) is 3.92. The van der Waals surface area contributed by atoms with Crippen LogP contribution in [0.25, 0.3) is 0 Å². The Kier molecular flexibility index (Phi) is 4.05. The minimum Gasteiger partial charge on any atom is -0.372 e. The van der Waals surface area contributed by atoms with Crippen LogP contribution in [0.2, 0.25) is 0 Å². The Morgan fingerprint density at radius 1 is 1.47 bits per heavy atom. The van der Waals surface area contributed by atoms with Gasteiger partial charge < -0.3 is 10.1 Å². The summed E-state index contributed by atoms with van der Waals surface area (Å²) in [6, 6.07) is 0.447. The molecule has 1 unspecified atom stereocenters. The van der Waals surface area contributed by atoms with E-state index in [4.69, 9.17) is 9.72 Å². The molecule has 1 aliphatic rings. The number of thiazole rings is 1. The van der Waals surface area contributed by atoms with E-state index in [-0.39, 0.29) is 5.60 Å². The van der Waals surface area contributed by atoms with Gasteiger partial charge in [-0.2, -0.15) is 0 Å². The maximum absolute atomic E-state index is 5.58. The zero-order chi connectivity index (χ0) is 14.3. The van der Waals surface area contributed by atoms with Crippen LogP contribution in [-0.2, 0) is 16.8 Å². The van der Waals surface area contributed by atoms with Gasteiger partial charge in [-0.25, -0.2) is 4.98 Å². The minimum absolute atomic E-state index is 0.289. The normalized spacial score (nSPS) is 22.3. The zero-order valence-corrected chi connectivity index (χ0v) is 13.8. The zero-order valence-electron chi connectivity index (χ0n) is 13.0. The van der Waals surface area contributed by atoms with Crippen molar-refractivity contribution in [2.45, 2.75) is 59.1 Å². The molecule has 0 fully saturated rings. The Bertz CT molecular complexity index is 451. The van der Waals surface area contributed by atoms with E-state index in [1.54, 1.807) is 7.11 Å². The van der Waals surface area contributed by atoms with Gasteiger partial charge in [0.15, 0.2) is 0 Å². The summed E-state index contributed by atoms with van der Waals surface area (Å²) in [5, 5.41) is 4.71. The number of fused-ring (bicyclic) bond motifs is 1. The number of ether oxygens (including phenoxy) is 1. The predicted molar refractivity (Wildman–Crippen MR) is 80.7 cm³/mol. The van der Waals surface area contributed by atoms with Crippen LogP contribution in [0.3, 0.4) is 0 Å². The van der Waals surface area contributed by atoms with Crippen LogP contribution >= 0.6 is 11.3 Å². The van der Waals surface area contributed by atoms with Crippen LogP contribution in [0.4, 0.5) is 0 Å². The van der Waals surface area contributed by atoms with Crippen molar-refractivity contribution < 1.29 is 4.74 Å². The van der Waals surface area contributed by atoms with Crippen LogP contribution in [0.5, 0.6) is 0 Å². The summed E-state index contributed by atoms with van der Waals surface area (Å²) in [6.45, 7) is 12.0. The Morgan fingerprint density at radius 2 is 2.16 bits per heavy atom. The smallest absolute Gasteiger partial charge is 0.125 e. The molecule has 0 bridgehead atoms. The van der Waals surface area contributed by atoms with Crippen molar-refractivity contribution in [3.05, 3.63) is 15.6 Å². The second kappa shape index (κ2) is 5.15. The molecule has 0 aliphatic heterocycles. The van der Waals surface area contributed by atoms with E-state index in [1.807, 2.05) is 11.3 Å². The summed E-state index contributed by atoms with van der Waals surface area (Å²) in [5.41, 5.74) is 1.30. The van der Waals surface area contributed by atoms with Gasteiger partial charge in [0, 0.05) is 18.0 Å². The number of nitrogens with zero attached hydrogens (tertiary/aromatic N) is 1. The topological polar surface area (TPSA) is 34.2 Å². The predicted octanol–water partition coefficient (Wildman–Crippen LogP) is 3.65. The largest absolute Gasteiger partial charge is 0.372 e. The molecule has 1 atom stereocenters. The average Bonchev–Trinajstić information content (AvgIpc) is 2.72. The van der Waals surface area contributed by atoms with Crippen molar-refractivity contribution in [1.29, 1.82) is 0 Å². The second-order valence-electron chi connectivity index (χ2n) is 6.70. The monoisotopic (exact) mass is 282 g/mol. The molecule has 0 radical (unpaired) electrons. The lowest BCUT2D eigenvalue weighted by molar-refractivity contribution is 0.0188. The second-order valence-corrected chi connectivity index (χ2v) is 7.73. The third-order valence-corrected chi connectivity index (χ3v) is 5.44. The molecule has 108 valence electrons. The highest BCUT2D eigenvalue weighted by molar-refractivity contribution is 7.12. The first-order chi connectivity index (χ1) is 8.79. The first-order valence-electron chi connectivity index (χ1n) is 7.07. The molecular weight excluding hydrogens is 256 g/mol. The van der Waals surface area contributed by atoms with Crippen LogP contribution < -0.4 is 5.32 Å². The lowest BCUT2D eigenvalue weighted by Crippen LogP contribution is -2.32. The van der Waals surface area contributed by atoms with E-state index in [0.717, 1.165) is 18.0 Å². The van der Waals surface area contributed by atoms with Gasteiger partial charge in [0.1, 0.15) is 10.6 Å². The summed E-state index contributed by atoms with van der Waals surface area (Å²) >= 11 is 1.82. The first-order valence-corrected chi connectivity index (χ1v) is 7.89. The highest BCUT2D eigenvalue weighted by atomic mass is 32.1. The molecule has 3 nitrogen and oxygen atoms in total. The Balaban J connectivity index is 2.39. The maximum atomic E-state index is 5.58. The summed E-state index contributed by atoms with van der Waals surface area (Å²) in [6.07, 6.45) is 2.25. The Hall–Kier alpha value is -0.450. The number of hydrogen-bond acceptors (Lipinski definition) is 4. The Labute approximate surface area is 120 Å². The minimum atomic E-state index is -0.289. The fourth-order valence-corrected chi connectivity index (χ4v) is 3.93. The number of rotatable bonds is 4. The van der Waals surface area contributed by atoms with Crippen molar-refractivity contribution in [3.63, 3.8) is 0 Å². The van der Waals surface area contributed by atoms with Gasteiger partial charge in [-0.3, -0.25) is 0 Å². The molecule has 2 rings (SSSR count). The van der Waals surface area contributed by atoms with E-state index >= 15 is 0 Å². The van der Waals surface area contributed by atoms with Crippen molar-refractivity contribution in [1.82, 2.24) is 10.3 Å². The van der Waals surface area contributed by atoms with Crippen LogP contribution in [0.15, 0.2) is 0 Å². The lowest BCUT2D eigenvalue weighted by atomic mass is 9.76. The van der Waals surface area contributed by atoms with Gasteiger partial charge in [-0.05, 0) is 38.6 Å². The van der Waals surface area contributed by atoms with E-state index in [0.29, 0.717) is 11.5 Å². The Morgan fingerprint density at radius 3 is 2.74 bits per heavy atom. The van der Waals surface area contributed by atoms with Gasteiger partial charge in [-0.1, -0.05) is 20.8 Å². The first kappa shape index (κ1) is 14.9. The summed E-state index contributed by atoms with van der Waals surface area (Å²) in [7, 11) is 1.76. The summed E-state index contributed by atoms with van der Waals surface area (Å²) in [5.74, 6) is 0. The van der Waals surface area contributed by atoms with Crippen LogP contribution in [0, 0.1) is 5.41 Å². The van der Waals surface area contributed by atoms with Crippen molar-refractivity contribution in [2.24, 2.45) is 5.41 Å². The summed E-state index contributed by atoms with van der Waals surface area (Å²) < 4.78 is 5.58. The molecule has 4 heteroatoms. The molecule has 0 aromatic carbocycles. The molecule has 1 aromatic heterocycles. The molecular formula is C15H26N2OS. The van der Waals surface area contributed by atoms with Gasteiger partial charge in [0.25, 0.3) is 0 Å². The molecule has 0 saturated carbocycles. The maximum Gasteiger partial charge on any atom is 0.125 e. The standard InChI is InChI=1S/C15H26N2OS/c1-7-16-10-8-14(2,3)9-11-12(10)19-13(17-11)15(4,5)18-6/h10,16H,7-9H2,1-6H3. The fraction of sp³-hybridized carbons (Fsp3) is 0.800. The van der Waals surface area contributed by atoms with E-state index in [9.17, 15) is 0 Å². The molecule has 0 spiro atoms. The van der Waals surface area contributed by atoms with Crippen molar-refractivity contribution in [2.75, 3.05) is 13.7 Å². The van der Waals surface area contributed by atoms with Gasteiger partial charge >= 0.3 is 0 Å². The van der Waals surface area contributed by atoms with Crippen LogP contribution in [0.1, 0.15) is 62.7 Å². The van der Waals surface area contributed by atoms with Gasteiger partial charge in [-0.15, -0.1) is 11.3 Å². The third kappa shape index (κ3) is 3.01. The fourth-order valence-electron chi connectivity index (χ4n) is 2.69.